The molecule has 0 aliphatic heterocycles. The predicted octanol–water partition coefficient (Wildman–Crippen LogP) is 2.70. The molecule has 2 rings (SSSR count). The zero-order chi connectivity index (χ0) is 11.1. The molecule has 1 aromatic carbocycles. The monoisotopic (exact) mass is 205 g/mol. The minimum absolute atomic E-state index is 0.265. The summed E-state index contributed by atoms with van der Waals surface area (Å²) in [5, 5.41) is 2.45. The van der Waals surface area contributed by atoms with Gasteiger partial charge in [-0.15, -0.1) is 0 Å². The highest BCUT2D eigenvalue weighted by Gasteiger charge is 2.28. The van der Waals surface area contributed by atoms with E-state index in [1.54, 1.807) is 6.07 Å². The maximum absolute atomic E-state index is 13.8. The highest BCUT2D eigenvalue weighted by atomic mass is 19.1. The smallest absolute Gasteiger partial charge is 0.211 e. The number of rotatable bonds is 2. The van der Waals surface area contributed by atoms with Gasteiger partial charge >= 0.3 is 0 Å². The molecule has 0 heterocycles. The van der Waals surface area contributed by atoms with E-state index in [1.165, 1.54) is 6.07 Å². The standard InChI is InChI=1S/C12H12FNO/c1-12(2)4-3-8-5-9(14-7-15)6-10(13)11(8)12/h3-7H,1-2H3,(H,14,15). The Morgan fingerprint density at radius 1 is 1.40 bits per heavy atom. The van der Waals surface area contributed by atoms with Gasteiger partial charge in [0.05, 0.1) is 0 Å². The van der Waals surface area contributed by atoms with Crippen LogP contribution in [0.4, 0.5) is 10.1 Å². The van der Waals surface area contributed by atoms with Crippen LogP contribution in [-0.4, -0.2) is 6.41 Å². The maximum Gasteiger partial charge on any atom is 0.211 e. The molecule has 78 valence electrons. The Labute approximate surface area is 87.8 Å². The third kappa shape index (κ3) is 1.54. The molecule has 15 heavy (non-hydrogen) atoms. The van der Waals surface area contributed by atoms with E-state index in [2.05, 4.69) is 5.32 Å². The normalized spacial score (nSPS) is 16.2. The summed E-state index contributed by atoms with van der Waals surface area (Å²) in [5.41, 5.74) is 1.76. The topological polar surface area (TPSA) is 29.1 Å². The number of carbonyl (C=O) groups excluding carboxylic acids is 1. The van der Waals surface area contributed by atoms with Gasteiger partial charge in [-0.1, -0.05) is 26.0 Å². The lowest BCUT2D eigenvalue weighted by molar-refractivity contribution is -0.105. The van der Waals surface area contributed by atoms with Gasteiger partial charge in [0.1, 0.15) is 5.82 Å². The van der Waals surface area contributed by atoms with Gasteiger partial charge in [-0.05, 0) is 17.7 Å². The number of carbonyl (C=O) groups is 1. The molecule has 0 aromatic heterocycles. The molecule has 1 amide bonds. The van der Waals surface area contributed by atoms with Crippen molar-refractivity contribution >= 4 is 18.2 Å². The Balaban J connectivity index is 2.55. The van der Waals surface area contributed by atoms with Gasteiger partial charge in [0.25, 0.3) is 0 Å². The Kier molecular flexibility index (Phi) is 2.11. The second-order valence-electron chi connectivity index (χ2n) is 4.24. The lowest BCUT2D eigenvalue weighted by Crippen LogP contribution is -2.13. The molecule has 0 saturated heterocycles. The molecular weight excluding hydrogens is 193 g/mol. The van der Waals surface area contributed by atoms with Gasteiger partial charge in [0.2, 0.25) is 6.41 Å². The van der Waals surface area contributed by atoms with Gasteiger partial charge in [0.15, 0.2) is 0 Å². The number of hydrogen-bond acceptors (Lipinski definition) is 1. The van der Waals surface area contributed by atoms with E-state index in [1.807, 2.05) is 26.0 Å². The summed E-state index contributed by atoms with van der Waals surface area (Å²) in [4.78, 5) is 10.3. The van der Waals surface area contributed by atoms with Crippen LogP contribution in [0, 0.1) is 5.82 Å². The molecule has 0 atom stereocenters. The van der Waals surface area contributed by atoms with Crippen LogP contribution in [0.3, 0.4) is 0 Å². The molecule has 3 heteroatoms. The maximum atomic E-state index is 13.8. The van der Waals surface area contributed by atoms with Crippen LogP contribution in [0.2, 0.25) is 0 Å². The van der Waals surface area contributed by atoms with Crippen LogP contribution >= 0.6 is 0 Å². The van der Waals surface area contributed by atoms with Crippen molar-refractivity contribution in [2.45, 2.75) is 19.3 Å². The van der Waals surface area contributed by atoms with E-state index in [4.69, 9.17) is 0 Å². The summed E-state index contributed by atoms with van der Waals surface area (Å²) in [5.74, 6) is -0.271. The fraction of sp³-hybridized carbons (Fsp3) is 0.250. The quantitative estimate of drug-likeness (QED) is 0.739. The highest BCUT2D eigenvalue weighted by Crippen LogP contribution is 2.38. The van der Waals surface area contributed by atoms with Gasteiger partial charge in [-0.3, -0.25) is 4.79 Å². The molecule has 1 N–H and O–H groups in total. The molecule has 0 bridgehead atoms. The summed E-state index contributed by atoms with van der Waals surface area (Å²) < 4.78 is 13.8. The van der Waals surface area contributed by atoms with Crippen molar-refractivity contribution in [3.05, 3.63) is 35.2 Å². The van der Waals surface area contributed by atoms with E-state index in [0.717, 1.165) is 5.56 Å². The molecule has 2 nitrogen and oxygen atoms in total. The number of allylic oxidation sites excluding steroid dienone is 1. The van der Waals surface area contributed by atoms with Crippen molar-refractivity contribution < 1.29 is 9.18 Å². The zero-order valence-electron chi connectivity index (χ0n) is 8.67. The Morgan fingerprint density at radius 2 is 2.13 bits per heavy atom. The Bertz CT molecular complexity index is 449. The number of anilines is 1. The molecule has 1 aromatic rings. The van der Waals surface area contributed by atoms with Crippen molar-refractivity contribution in [3.63, 3.8) is 0 Å². The molecule has 0 spiro atoms. The van der Waals surface area contributed by atoms with E-state index in [9.17, 15) is 9.18 Å². The first-order valence-corrected chi connectivity index (χ1v) is 4.78. The van der Waals surface area contributed by atoms with Crippen molar-refractivity contribution in [2.75, 3.05) is 5.32 Å². The summed E-state index contributed by atoms with van der Waals surface area (Å²) in [7, 11) is 0. The zero-order valence-corrected chi connectivity index (χ0v) is 8.67. The largest absolute Gasteiger partial charge is 0.329 e. The first kappa shape index (κ1) is 9.90. The second-order valence-corrected chi connectivity index (χ2v) is 4.24. The second kappa shape index (κ2) is 3.19. The summed E-state index contributed by atoms with van der Waals surface area (Å²) >= 11 is 0. The first-order valence-electron chi connectivity index (χ1n) is 4.78. The molecule has 0 fully saturated rings. The number of amides is 1. The Hall–Kier alpha value is -1.64. The van der Waals surface area contributed by atoms with Crippen LogP contribution in [0.5, 0.6) is 0 Å². The molecule has 0 unspecified atom stereocenters. The van der Waals surface area contributed by atoms with Crippen LogP contribution in [0.25, 0.3) is 6.08 Å². The SMILES string of the molecule is CC1(C)C=Cc2cc(NC=O)cc(F)c21. The minimum atomic E-state index is -0.271. The fourth-order valence-corrected chi connectivity index (χ4v) is 1.97. The van der Waals surface area contributed by atoms with E-state index in [-0.39, 0.29) is 11.2 Å². The first-order chi connectivity index (χ1) is 7.04. The highest BCUT2D eigenvalue weighted by molar-refractivity contribution is 5.76. The average Bonchev–Trinajstić information content (AvgIpc) is 2.43. The third-order valence-electron chi connectivity index (χ3n) is 2.67. The lowest BCUT2D eigenvalue weighted by Gasteiger charge is -2.19. The van der Waals surface area contributed by atoms with E-state index < -0.39 is 0 Å². The van der Waals surface area contributed by atoms with E-state index in [0.29, 0.717) is 17.7 Å². The minimum Gasteiger partial charge on any atom is -0.329 e. The predicted molar refractivity (Wildman–Crippen MR) is 58.1 cm³/mol. The fourth-order valence-electron chi connectivity index (χ4n) is 1.97. The van der Waals surface area contributed by atoms with Gasteiger partial charge < -0.3 is 5.32 Å². The molecule has 1 aliphatic rings. The molecule has 0 radical (unpaired) electrons. The van der Waals surface area contributed by atoms with Crippen molar-refractivity contribution in [1.29, 1.82) is 0 Å². The van der Waals surface area contributed by atoms with E-state index >= 15 is 0 Å². The van der Waals surface area contributed by atoms with Crippen LogP contribution in [0.1, 0.15) is 25.0 Å². The van der Waals surface area contributed by atoms with Crippen molar-refractivity contribution in [3.8, 4) is 0 Å². The summed E-state index contributed by atoms with van der Waals surface area (Å²) in [6.45, 7) is 3.93. The molecule has 0 saturated carbocycles. The summed E-state index contributed by atoms with van der Waals surface area (Å²) in [6, 6.07) is 3.13. The molecular formula is C12H12FNO. The van der Waals surface area contributed by atoms with Gasteiger partial charge in [-0.2, -0.15) is 0 Å². The Morgan fingerprint density at radius 3 is 2.80 bits per heavy atom. The summed E-state index contributed by atoms with van der Waals surface area (Å²) in [6.07, 6.45) is 4.39. The van der Waals surface area contributed by atoms with Crippen LogP contribution < -0.4 is 5.32 Å². The van der Waals surface area contributed by atoms with Gasteiger partial charge in [0, 0.05) is 16.7 Å². The average molecular weight is 205 g/mol. The number of halogens is 1. The van der Waals surface area contributed by atoms with Crippen LogP contribution in [0.15, 0.2) is 18.2 Å². The van der Waals surface area contributed by atoms with Crippen molar-refractivity contribution in [1.82, 2.24) is 0 Å². The van der Waals surface area contributed by atoms with Gasteiger partial charge in [-0.25, -0.2) is 4.39 Å². The number of nitrogens with one attached hydrogen (secondary N) is 1. The third-order valence-corrected chi connectivity index (χ3v) is 2.67. The number of hydrogen-bond donors (Lipinski definition) is 1. The van der Waals surface area contributed by atoms with Crippen LogP contribution in [-0.2, 0) is 10.2 Å². The number of fused-ring (bicyclic) bond motifs is 1. The number of benzene rings is 1. The molecule has 1 aliphatic carbocycles. The van der Waals surface area contributed by atoms with Crippen molar-refractivity contribution in [2.24, 2.45) is 0 Å². The lowest BCUT2D eigenvalue weighted by atomic mass is 9.86.